The number of nitrogens with zero attached hydrogens (tertiary/aromatic N) is 1. The molecule has 0 atom stereocenters. The number of anilines is 1. The van der Waals surface area contributed by atoms with Crippen LogP contribution in [0.5, 0.6) is 0 Å². The van der Waals surface area contributed by atoms with Crippen LogP contribution in [0.15, 0.2) is 54.6 Å². The van der Waals surface area contributed by atoms with Gasteiger partial charge in [-0.05, 0) is 17.7 Å². The molecule has 0 aliphatic rings. The summed E-state index contributed by atoms with van der Waals surface area (Å²) in [7, 11) is 0. The number of hydrogen-bond donors (Lipinski definition) is 2. The third-order valence-electron chi connectivity index (χ3n) is 3.52. The van der Waals surface area contributed by atoms with Crippen molar-refractivity contribution in [1.29, 1.82) is 5.26 Å². The van der Waals surface area contributed by atoms with Crippen LogP contribution in [0.2, 0.25) is 0 Å². The third kappa shape index (κ3) is 6.63. The molecule has 0 aromatic heterocycles. The standard InChI is InChI=1S/C20H19N3O4/c21-11-6-12-22-19(25)14-27-20(26)16-9-4-5-10-17(16)23-18(24)13-15-7-2-1-3-8-15/h1-5,7-10H,6,12-14H2,(H,22,25)(H,23,24). The number of esters is 1. The van der Waals surface area contributed by atoms with Gasteiger partial charge in [0.25, 0.3) is 5.91 Å². The minimum atomic E-state index is -0.721. The molecular formula is C20H19N3O4. The molecule has 2 aromatic carbocycles. The number of amides is 2. The molecule has 0 saturated heterocycles. The summed E-state index contributed by atoms with van der Waals surface area (Å²) in [6, 6.07) is 17.5. The Morgan fingerprint density at radius 2 is 1.67 bits per heavy atom. The van der Waals surface area contributed by atoms with Crippen molar-refractivity contribution in [1.82, 2.24) is 5.32 Å². The van der Waals surface area contributed by atoms with Gasteiger partial charge in [0.05, 0.1) is 30.2 Å². The summed E-state index contributed by atoms with van der Waals surface area (Å²) in [5, 5.41) is 13.6. The van der Waals surface area contributed by atoms with E-state index in [4.69, 9.17) is 10.00 Å². The Morgan fingerprint density at radius 1 is 0.963 bits per heavy atom. The van der Waals surface area contributed by atoms with Gasteiger partial charge in [-0.25, -0.2) is 4.79 Å². The first-order chi connectivity index (χ1) is 13.1. The Labute approximate surface area is 156 Å². The highest BCUT2D eigenvalue weighted by Crippen LogP contribution is 2.16. The first-order valence-corrected chi connectivity index (χ1v) is 8.33. The molecule has 7 heteroatoms. The van der Waals surface area contributed by atoms with E-state index in [0.717, 1.165) is 5.56 Å². The number of carbonyl (C=O) groups excluding carboxylic acids is 3. The van der Waals surface area contributed by atoms with Crippen LogP contribution >= 0.6 is 0 Å². The van der Waals surface area contributed by atoms with Crippen molar-refractivity contribution >= 4 is 23.5 Å². The molecule has 2 amide bonds. The van der Waals surface area contributed by atoms with E-state index in [0.29, 0.717) is 5.69 Å². The van der Waals surface area contributed by atoms with Crippen molar-refractivity contribution in [3.63, 3.8) is 0 Å². The normalized spacial score (nSPS) is 9.74. The molecule has 0 unspecified atom stereocenters. The summed E-state index contributed by atoms with van der Waals surface area (Å²) >= 11 is 0. The van der Waals surface area contributed by atoms with Crippen LogP contribution in [0, 0.1) is 11.3 Å². The zero-order valence-electron chi connectivity index (χ0n) is 14.6. The van der Waals surface area contributed by atoms with Gasteiger partial charge in [-0.3, -0.25) is 9.59 Å². The second kappa shape index (κ2) is 10.4. The monoisotopic (exact) mass is 365 g/mol. The number of carbonyl (C=O) groups is 3. The molecular weight excluding hydrogens is 346 g/mol. The number of ether oxygens (including phenoxy) is 1. The van der Waals surface area contributed by atoms with E-state index in [1.807, 2.05) is 36.4 Å². The molecule has 2 aromatic rings. The fourth-order valence-corrected chi connectivity index (χ4v) is 2.26. The summed E-state index contributed by atoms with van der Waals surface area (Å²) in [6.45, 7) is -0.268. The topological polar surface area (TPSA) is 108 Å². The lowest BCUT2D eigenvalue weighted by Gasteiger charge is -2.11. The number of nitrogens with one attached hydrogen (secondary N) is 2. The molecule has 0 fully saturated rings. The van der Waals surface area contributed by atoms with Crippen LogP contribution in [0.1, 0.15) is 22.3 Å². The van der Waals surface area contributed by atoms with Gasteiger partial charge in [-0.1, -0.05) is 42.5 Å². The van der Waals surface area contributed by atoms with Gasteiger partial charge in [0.2, 0.25) is 5.91 Å². The summed E-state index contributed by atoms with van der Waals surface area (Å²) in [6.07, 6.45) is 0.349. The zero-order chi connectivity index (χ0) is 19.5. The van der Waals surface area contributed by atoms with Gasteiger partial charge in [0.15, 0.2) is 6.61 Å². The van der Waals surface area contributed by atoms with Gasteiger partial charge < -0.3 is 15.4 Å². The van der Waals surface area contributed by atoms with Crippen LogP contribution in [0.3, 0.4) is 0 Å². The fourth-order valence-electron chi connectivity index (χ4n) is 2.26. The van der Waals surface area contributed by atoms with Crippen LogP contribution in [-0.2, 0) is 20.7 Å². The molecule has 27 heavy (non-hydrogen) atoms. The lowest BCUT2D eigenvalue weighted by molar-refractivity contribution is -0.124. The Hall–Kier alpha value is -3.66. The second-order valence-corrected chi connectivity index (χ2v) is 5.59. The predicted octanol–water partition coefficient (Wildman–Crippen LogP) is 2.05. The van der Waals surface area contributed by atoms with Gasteiger partial charge in [-0.2, -0.15) is 5.26 Å². The summed E-state index contributed by atoms with van der Waals surface area (Å²) in [5.41, 5.74) is 1.32. The molecule has 0 radical (unpaired) electrons. The molecule has 0 heterocycles. The predicted molar refractivity (Wildman–Crippen MR) is 98.7 cm³/mol. The Bertz CT molecular complexity index is 844. The molecule has 2 rings (SSSR count). The van der Waals surface area contributed by atoms with E-state index in [-0.39, 0.29) is 30.9 Å². The van der Waals surface area contributed by atoms with Crippen molar-refractivity contribution in [2.75, 3.05) is 18.5 Å². The van der Waals surface area contributed by atoms with Crippen LogP contribution < -0.4 is 10.6 Å². The van der Waals surface area contributed by atoms with E-state index >= 15 is 0 Å². The van der Waals surface area contributed by atoms with Gasteiger partial charge >= 0.3 is 5.97 Å². The molecule has 0 aliphatic heterocycles. The lowest BCUT2D eigenvalue weighted by atomic mass is 10.1. The van der Waals surface area contributed by atoms with Crippen LogP contribution in [0.25, 0.3) is 0 Å². The summed E-state index contributed by atoms with van der Waals surface area (Å²) in [5.74, 6) is -1.49. The first-order valence-electron chi connectivity index (χ1n) is 8.33. The van der Waals surface area contributed by atoms with Crippen molar-refractivity contribution in [3.05, 3.63) is 65.7 Å². The van der Waals surface area contributed by atoms with E-state index in [9.17, 15) is 14.4 Å². The van der Waals surface area contributed by atoms with Gasteiger partial charge in [0, 0.05) is 6.54 Å². The minimum Gasteiger partial charge on any atom is -0.452 e. The maximum atomic E-state index is 12.2. The van der Waals surface area contributed by atoms with Crippen LogP contribution in [-0.4, -0.2) is 30.9 Å². The molecule has 0 spiro atoms. The Balaban J connectivity index is 1.94. The second-order valence-electron chi connectivity index (χ2n) is 5.59. The fraction of sp³-hybridized carbons (Fsp3) is 0.200. The molecule has 2 N–H and O–H groups in total. The van der Waals surface area contributed by atoms with E-state index in [2.05, 4.69) is 10.6 Å². The molecule has 0 aliphatic carbocycles. The first kappa shape index (κ1) is 19.7. The third-order valence-corrected chi connectivity index (χ3v) is 3.52. The quantitative estimate of drug-likeness (QED) is 0.550. The minimum absolute atomic E-state index is 0.156. The molecule has 0 saturated carbocycles. The Kier molecular flexibility index (Phi) is 7.54. The lowest BCUT2D eigenvalue weighted by Crippen LogP contribution is -2.29. The van der Waals surface area contributed by atoms with E-state index < -0.39 is 18.5 Å². The number of rotatable bonds is 8. The largest absolute Gasteiger partial charge is 0.452 e. The average molecular weight is 365 g/mol. The van der Waals surface area contributed by atoms with Crippen LogP contribution in [0.4, 0.5) is 5.69 Å². The Morgan fingerprint density at radius 3 is 2.41 bits per heavy atom. The average Bonchev–Trinajstić information content (AvgIpc) is 2.67. The summed E-state index contributed by atoms with van der Waals surface area (Å²) in [4.78, 5) is 36.0. The van der Waals surface area contributed by atoms with Crippen molar-refractivity contribution < 1.29 is 19.1 Å². The molecule has 0 bridgehead atoms. The number of hydrogen-bond acceptors (Lipinski definition) is 5. The van der Waals surface area contributed by atoms with E-state index in [1.165, 1.54) is 6.07 Å². The van der Waals surface area contributed by atoms with Crippen molar-refractivity contribution in [2.24, 2.45) is 0 Å². The number of nitriles is 1. The van der Waals surface area contributed by atoms with Gasteiger partial charge in [-0.15, -0.1) is 0 Å². The smallest absolute Gasteiger partial charge is 0.340 e. The zero-order valence-corrected chi connectivity index (χ0v) is 14.6. The number of benzene rings is 2. The highest BCUT2D eigenvalue weighted by Gasteiger charge is 2.16. The highest BCUT2D eigenvalue weighted by molar-refractivity contribution is 6.02. The van der Waals surface area contributed by atoms with Gasteiger partial charge in [0.1, 0.15) is 0 Å². The maximum absolute atomic E-state index is 12.2. The SMILES string of the molecule is N#CCCNC(=O)COC(=O)c1ccccc1NC(=O)Cc1ccccc1. The number of para-hydroxylation sites is 1. The highest BCUT2D eigenvalue weighted by atomic mass is 16.5. The molecule has 7 nitrogen and oxygen atoms in total. The maximum Gasteiger partial charge on any atom is 0.340 e. The molecule has 138 valence electrons. The summed E-state index contributed by atoms with van der Waals surface area (Å²) < 4.78 is 4.98. The van der Waals surface area contributed by atoms with Crippen molar-refractivity contribution in [2.45, 2.75) is 12.8 Å². The van der Waals surface area contributed by atoms with E-state index in [1.54, 1.807) is 18.2 Å². The van der Waals surface area contributed by atoms with Crippen molar-refractivity contribution in [3.8, 4) is 6.07 Å².